The molecule has 2 fully saturated rings. The molecule has 1 amide bonds. The van der Waals surface area contributed by atoms with Gasteiger partial charge in [-0.1, -0.05) is 6.07 Å². The molecule has 0 spiro atoms. The molecule has 0 saturated heterocycles. The zero-order valence-electron chi connectivity index (χ0n) is 14.9. The predicted octanol–water partition coefficient (Wildman–Crippen LogP) is 4.08. The van der Waals surface area contributed by atoms with Crippen LogP contribution in [0, 0.1) is 24.7 Å². The van der Waals surface area contributed by atoms with Crippen LogP contribution >= 0.6 is 0 Å². The minimum Gasteiger partial charge on any atom is -0.326 e. The average Bonchev–Trinajstić information content (AvgIpc) is 3.30. The largest absolute Gasteiger partial charge is 0.326 e. The molecule has 5 rings (SSSR count). The second-order valence-electron chi connectivity index (χ2n) is 7.76. The van der Waals surface area contributed by atoms with Crippen LogP contribution in [0.1, 0.15) is 31.2 Å². The summed E-state index contributed by atoms with van der Waals surface area (Å²) in [5.74, 6) is 2.05. The number of hydrogen-bond donors (Lipinski definition) is 1. The number of nitrogens with one attached hydrogen (secondary N) is 1. The molecule has 0 aliphatic heterocycles. The maximum Gasteiger partial charge on any atom is 0.227 e. The SMILES string of the molecule is Cc1ccc(NC(=O)[C@H]2C[C@H](C3CC3)C2)cc1-c1cn2nccc2cn1. The van der Waals surface area contributed by atoms with Crippen LogP contribution in [-0.2, 0) is 4.79 Å². The van der Waals surface area contributed by atoms with Crippen LogP contribution in [-0.4, -0.2) is 20.5 Å². The van der Waals surface area contributed by atoms with Crippen LogP contribution in [0.2, 0.25) is 0 Å². The Morgan fingerprint density at radius 3 is 2.85 bits per heavy atom. The van der Waals surface area contributed by atoms with E-state index in [-0.39, 0.29) is 11.8 Å². The molecule has 0 atom stereocenters. The number of fused-ring (bicyclic) bond motifs is 1. The standard InChI is InChI=1S/C21H22N4O/c1-13-2-5-17(24-21(26)16-8-15(9-16)14-3-4-14)10-19(13)20-12-25-18(11-22-20)6-7-23-25/h2,5-7,10-12,14-16H,3-4,8-9H2,1H3,(H,24,26)/t15-,16-. The second kappa shape index (κ2) is 5.94. The van der Waals surface area contributed by atoms with Gasteiger partial charge in [-0.2, -0.15) is 5.10 Å². The number of hydrogen-bond acceptors (Lipinski definition) is 3. The Balaban J connectivity index is 1.35. The van der Waals surface area contributed by atoms with E-state index in [0.717, 1.165) is 52.7 Å². The van der Waals surface area contributed by atoms with Gasteiger partial charge in [0.2, 0.25) is 5.91 Å². The fraction of sp³-hybridized carbons (Fsp3) is 0.381. The molecule has 2 aromatic heterocycles. The Hall–Kier alpha value is -2.69. The Bertz CT molecular complexity index is 983. The van der Waals surface area contributed by atoms with E-state index in [1.165, 1.54) is 12.8 Å². The van der Waals surface area contributed by atoms with Gasteiger partial charge in [-0.25, -0.2) is 4.52 Å². The summed E-state index contributed by atoms with van der Waals surface area (Å²) in [6, 6.07) is 7.95. The van der Waals surface area contributed by atoms with E-state index < -0.39 is 0 Å². The van der Waals surface area contributed by atoms with Gasteiger partial charge in [0.15, 0.2) is 0 Å². The number of rotatable bonds is 4. The van der Waals surface area contributed by atoms with Gasteiger partial charge in [-0.15, -0.1) is 0 Å². The fourth-order valence-electron chi connectivity index (χ4n) is 4.01. The molecular formula is C21H22N4O. The second-order valence-corrected chi connectivity index (χ2v) is 7.76. The van der Waals surface area contributed by atoms with Crippen LogP contribution < -0.4 is 5.32 Å². The first-order valence-corrected chi connectivity index (χ1v) is 9.38. The van der Waals surface area contributed by atoms with Crippen LogP contribution in [0.15, 0.2) is 42.9 Å². The summed E-state index contributed by atoms with van der Waals surface area (Å²) < 4.78 is 1.82. The van der Waals surface area contributed by atoms with Crippen molar-refractivity contribution in [1.29, 1.82) is 0 Å². The fourth-order valence-corrected chi connectivity index (χ4v) is 4.01. The molecule has 0 radical (unpaired) electrons. The van der Waals surface area contributed by atoms with Crippen LogP contribution in [0.3, 0.4) is 0 Å². The third kappa shape index (κ3) is 2.77. The maximum absolute atomic E-state index is 12.5. The van der Waals surface area contributed by atoms with Crippen LogP contribution in [0.25, 0.3) is 16.8 Å². The highest BCUT2D eigenvalue weighted by Crippen LogP contribution is 2.49. The summed E-state index contributed by atoms with van der Waals surface area (Å²) in [4.78, 5) is 17.1. The number of amides is 1. The molecule has 132 valence electrons. The molecule has 0 unspecified atom stereocenters. The molecule has 26 heavy (non-hydrogen) atoms. The highest BCUT2D eigenvalue weighted by atomic mass is 16.1. The zero-order valence-corrected chi connectivity index (χ0v) is 14.9. The van der Waals surface area contributed by atoms with Crippen molar-refractivity contribution in [2.24, 2.45) is 17.8 Å². The lowest BCUT2D eigenvalue weighted by atomic mass is 9.72. The Morgan fingerprint density at radius 2 is 2.04 bits per heavy atom. The highest BCUT2D eigenvalue weighted by Gasteiger charge is 2.42. The van der Waals surface area contributed by atoms with Gasteiger partial charge in [0.05, 0.1) is 29.8 Å². The van der Waals surface area contributed by atoms with Crippen molar-refractivity contribution in [3.8, 4) is 11.3 Å². The van der Waals surface area contributed by atoms with E-state index in [4.69, 9.17) is 0 Å². The molecule has 2 aliphatic carbocycles. The van der Waals surface area contributed by atoms with Crippen molar-refractivity contribution in [2.45, 2.75) is 32.6 Å². The molecule has 0 bridgehead atoms. The Morgan fingerprint density at radius 1 is 1.19 bits per heavy atom. The van der Waals surface area contributed by atoms with Gasteiger partial charge >= 0.3 is 0 Å². The first-order chi connectivity index (χ1) is 12.7. The van der Waals surface area contributed by atoms with Crippen molar-refractivity contribution < 1.29 is 4.79 Å². The van der Waals surface area contributed by atoms with Crippen molar-refractivity contribution in [3.63, 3.8) is 0 Å². The molecule has 2 aliphatic rings. The highest BCUT2D eigenvalue weighted by molar-refractivity contribution is 5.93. The van der Waals surface area contributed by atoms with E-state index in [9.17, 15) is 4.79 Å². The molecule has 1 N–H and O–H groups in total. The molecule has 5 heteroatoms. The lowest BCUT2D eigenvalue weighted by Crippen LogP contribution is -2.35. The number of nitrogens with zero attached hydrogens (tertiary/aromatic N) is 3. The summed E-state index contributed by atoms with van der Waals surface area (Å²) in [5, 5.41) is 7.38. The van der Waals surface area contributed by atoms with Crippen molar-refractivity contribution in [1.82, 2.24) is 14.6 Å². The Kier molecular flexibility index (Phi) is 3.55. The van der Waals surface area contributed by atoms with Crippen molar-refractivity contribution in [3.05, 3.63) is 48.4 Å². The third-order valence-electron chi connectivity index (χ3n) is 5.90. The Labute approximate surface area is 152 Å². The van der Waals surface area contributed by atoms with Crippen molar-refractivity contribution >= 4 is 17.1 Å². The smallest absolute Gasteiger partial charge is 0.227 e. The lowest BCUT2D eigenvalue weighted by Gasteiger charge is -2.34. The van der Waals surface area contributed by atoms with Gasteiger partial charge in [-0.05, 0) is 68.2 Å². The van der Waals surface area contributed by atoms with E-state index >= 15 is 0 Å². The van der Waals surface area contributed by atoms with Crippen LogP contribution in [0.5, 0.6) is 0 Å². The zero-order chi connectivity index (χ0) is 17.7. The molecular weight excluding hydrogens is 324 g/mol. The maximum atomic E-state index is 12.5. The minimum atomic E-state index is 0.159. The van der Waals surface area contributed by atoms with Crippen LogP contribution in [0.4, 0.5) is 5.69 Å². The van der Waals surface area contributed by atoms with Crippen molar-refractivity contribution in [2.75, 3.05) is 5.32 Å². The normalized spacial score (nSPS) is 22.2. The topological polar surface area (TPSA) is 59.3 Å². The number of carbonyl (C=O) groups excluding carboxylic acids is 1. The van der Waals surface area contributed by atoms with Gasteiger partial charge in [0.25, 0.3) is 0 Å². The number of aromatic nitrogens is 3. The van der Waals surface area contributed by atoms with E-state index in [1.54, 1.807) is 6.20 Å². The molecule has 2 saturated carbocycles. The lowest BCUT2D eigenvalue weighted by molar-refractivity contribution is -0.124. The van der Waals surface area contributed by atoms with Gasteiger partial charge in [0, 0.05) is 17.2 Å². The summed E-state index contributed by atoms with van der Waals surface area (Å²) in [6.07, 6.45) is 10.4. The van der Waals surface area contributed by atoms with Gasteiger partial charge in [0.1, 0.15) is 0 Å². The summed E-state index contributed by atoms with van der Waals surface area (Å²) in [6.45, 7) is 2.06. The van der Waals surface area contributed by atoms with Gasteiger partial charge < -0.3 is 5.32 Å². The first-order valence-electron chi connectivity index (χ1n) is 9.38. The van der Waals surface area contributed by atoms with E-state index in [1.807, 2.05) is 41.2 Å². The third-order valence-corrected chi connectivity index (χ3v) is 5.90. The molecule has 3 aromatic rings. The van der Waals surface area contributed by atoms with E-state index in [2.05, 4.69) is 22.3 Å². The quantitative estimate of drug-likeness (QED) is 0.774. The predicted molar refractivity (Wildman–Crippen MR) is 101 cm³/mol. The summed E-state index contributed by atoms with van der Waals surface area (Å²) in [5.41, 5.74) is 4.80. The molecule has 2 heterocycles. The number of anilines is 1. The van der Waals surface area contributed by atoms with E-state index in [0.29, 0.717) is 0 Å². The first kappa shape index (κ1) is 15.6. The molecule has 5 nitrogen and oxygen atoms in total. The number of aryl methyl sites for hydroxylation is 1. The molecule has 1 aromatic carbocycles. The number of benzene rings is 1. The summed E-state index contributed by atoms with van der Waals surface area (Å²) in [7, 11) is 0. The average molecular weight is 346 g/mol. The number of carbonyl (C=O) groups is 1. The summed E-state index contributed by atoms with van der Waals surface area (Å²) >= 11 is 0. The minimum absolute atomic E-state index is 0.159. The van der Waals surface area contributed by atoms with Gasteiger partial charge in [-0.3, -0.25) is 9.78 Å². The monoisotopic (exact) mass is 346 g/mol.